The van der Waals surface area contributed by atoms with Crippen molar-refractivity contribution in [2.24, 2.45) is 0 Å². The highest BCUT2D eigenvalue weighted by molar-refractivity contribution is 6.14. The second kappa shape index (κ2) is 9.82. The number of anilines is 3. The minimum absolute atomic E-state index is 0.365. The van der Waals surface area contributed by atoms with E-state index in [1.807, 2.05) is 0 Å². The summed E-state index contributed by atoms with van der Waals surface area (Å²) in [6.07, 6.45) is 0. The van der Waals surface area contributed by atoms with E-state index in [1.165, 1.54) is 55.3 Å². The van der Waals surface area contributed by atoms with Crippen LogP contribution in [0.1, 0.15) is 22.3 Å². The van der Waals surface area contributed by atoms with Gasteiger partial charge < -0.3 is 9.32 Å². The van der Waals surface area contributed by atoms with Gasteiger partial charge in [0.1, 0.15) is 5.58 Å². The van der Waals surface area contributed by atoms with Gasteiger partial charge in [0, 0.05) is 22.1 Å². The summed E-state index contributed by atoms with van der Waals surface area (Å²) < 4.78 is 6.78. The van der Waals surface area contributed by atoms with Crippen molar-refractivity contribution >= 4 is 49.8 Å². The molecule has 49 heavy (non-hydrogen) atoms. The summed E-state index contributed by atoms with van der Waals surface area (Å²) in [5.41, 5.74) is 15.2. The zero-order valence-corrected chi connectivity index (χ0v) is 26.6. The maximum Gasteiger partial charge on any atom is 0.159 e. The second-order valence-corrected chi connectivity index (χ2v) is 13.2. The molecule has 9 aromatic rings. The standard InChI is InChI=1S/C47H29NO/c1-2-15-32(16-3-1)48(44-24-12-20-37-39-27-30-13-4-5-14-31(30)28-45(39)49-46(37)44)33-25-26-43-38(29-33)36-19-8-11-23-42(36)47(43)40-21-9-6-17-34(40)35-18-7-10-22-41(35)47/h1-29H. The topological polar surface area (TPSA) is 16.4 Å². The van der Waals surface area contributed by atoms with E-state index in [9.17, 15) is 0 Å². The average Bonchev–Trinajstić information content (AvgIpc) is 3.78. The second-order valence-electron chi connectivity index (χ2n) is 13.2. The summed E-state index contributed by atoms with van der Waals surface area (Å²) in [6.45, 7) is 0. The van der Waals surface area contributed by atoms with Crippen LogP contribution >= 0.6 is 0 Å². The molecule has 0 saturated carbocycles. The first-order valence-corrected chi connectivity index (χ1v) is 16.9. The first kappa shape index (κ1) is 26.7. The summed E-state index contributed by atoms with van der Waals surface area (Å²) in [4.78, 5) is 2.36. The summed E-state index contributed by atoms with van der Waals surface area (Å²) in [7, 11) is 0. The molecule has 228 valence electrons. The molecule has 2 nitrogen and oxygen atoms in total. The van der Waals surface area contributed by atoms with Crippen LogP contribution in [0, 0.1) is 0 Å². The third-order valence-corrected chi connectivity index (χ3v) is 10.8. The summed E-state index contributed by atoms with van der Waals surface area (Å²) >= 11 is 0. The molecule has 2 aliphatic rings. The van der Waals surface area contributed by atoms with Crippen molar-refractivity contribution in [3.63, 3.8) is 0 Å². The van der Waals surface area contributed by atoms with E-state index >= 15 is 0 Å². The van der Waals surface area contributed by atoms with Gasteiger partial charge in [0.25, 0.3) is 0 Å². The number of hydrogen-bond acceptors (Lipinski definition) is 2. The highest BCUT2D eigenvalue weighted by atomic mass is 16.3. The SMILES string of the molecule is c1ccc(N(c2ccc3c(c2)-c2ccccc2C32c3ccccc3-c3ccccc32)c2cccc3c2oc2cc4ccccc4cc23)cc1. The van der Waals surface area contributed by atoms with Gasteiger partial charge in [-0.3, -0.25) is 0 Å². The van der Waals surface area contributed by atoms with E-state index in [1.54, 1.807) is 0 Å². The molecule has 0 N–H and O–H groups in total. The molecule has 0 unspecified atom stereocenters. The number of para-hydroxylation sites is 2. The van der Waals surface area contributed by atoms with Crippen molar-refractivity contribution in [1.82, 2.24) is 0 Å². The van der Waals surface area contributed by atoms with Crippen molar-refractivity contribution in [1.29, 1.82) is 0 Å². The van der Waals surface area contributed by atoms with Crippen LogP contribution in [-0.2, 0) is 5.41 Å². The van der Waals surface area contributed by atoms with Crippen molar-refractivity contribution in [3.8, 4) is 22.3 Å². The Morgan fingerprint density at radius 1 is 0.388 bits per heavy atom. The zero-order chi connectivity index (χ0) is 32.1. The first-order chi connectivity index (χ1) is 24.3. The van der Waals surface area contributed by atoms with Gasteiger partial charge in [-0.15, -0.1) is 0 Å². The van der Waals surface area contributed by atoms with Gasteiger partial charge in [-0.1, -0.05) is 133 Å². The summed E-state index contributed by atoms with van der Waals surface area (Å²) in [5, 5.41) is 4.64. The van der Waals surface area contributed by atoms with Crippen molar-refractivity contribution < 1.29 is 4.42 Å². The lowest BCUT2D eigenvalue weighted by Crippen LogP contribution is -2.25. The van der Waals surface area contributed by atoms with Gasteiger partial charge in [-0.25, -0.2) is 0 Å². The van der Waals surface area contributed by atoms with Gasteiger partial charge in [0.15, 0.2) is 5.58 Å². The van der Waals surface area contributed by atoms with E-state index in [2.05, 4.69) is 181 Å². The maximum absolute atomic E-state index is 6.78. The molecule has 0 radical (unpaired) electrons. The van der Waals surface area contributed by atoms with E-state index in [4.69, 9.17) is 4.42 Å². The molecular formula is C47H29NO. The molecule has 1 spiro atoms. The summed E-state index contributed by atoms with van der Waals surface area (Å²) in [6, 6.07) is 64.1. The third kappa shape index (κ3) is 3.50. The van der Waals surface area contributed by atoms with Crippen molar-refractivity contribution in [2.75, 3.05) is 4.90 Å². The number of nitrogens with zero attached hydrogens (tertiary/aromatic N) is 1. The van der Waals surface area contributed by atoms with Crippen LogP contribution in [0.3, 0.4) is 0 Å². The van der Waals surface area contributed by atoms with Crippen LogP contribution < -0.4 is 4.90 Å². The number of benzene rings is 8. The monoisotopic (exact) mass is 623 g/mol. The van der Waals surface area contributed by atoms with Crippen LogP contribution in [0.2, 0.25) is 0 Å². The molecule has 0 bridgehead atoms. The normalized spacial score (nSPS) is 13.5. The van der Waals surface area contributed by atoms with Gasteiger partial charge in [-0.2, -0.15) is 0 Å². The molecular weight excluding hydrogens is 595 g/mol. The zero-order valence-electron chi connectivity index (χ0n) is 26.6. The Balaban J connectivity index is 1.18. The Labute approximate surface area is 284 Å². The van der Waals surface area contributed by atoms with Gasteiger partial charge >= 0.3 is 0 Å². The van der Waals surface area contributed by atoms with Crippen molar-refractivity contribution in [2.45, 2.75) is 5.41 Å². The lowest BCUT2D eigenvalue weighted by atomic mass is 9.70. The molecule has 8 aromatic carbocycles. The largest absolute Gasteiger partial charge is 0.454 e. The van der Waals surface area contributed by atoms with Crippen LogP contribution in [0.15, 0.2) is 180 Å². The quantitative estimate of drug-likeness (QED) is 0.195. The van der Waals surface area contributed by atoms with E-state index < -0.39 is 0 Å². The fourth-order valence-electron chi connectivity index (χ4n) is 8.88. The molecule has 0 aliphatic heterocycles. The van der Waals surface area contributed by atoms with Gasteiger partial charge in [0.2, 0.25) is 0 Å². The Bertz CT molecular complexity index is 2740. The number of fused-ring (bicyclic) bond motifs is 14. The molecule has 0 amide bonds. The Morgan fingerprint density at radius 2 is 0.959 bits per heavy atom. The van der Waals surface area contributed by atoms with E-state index in [0.717, 1.165) is 39.0 Å². The predicted molar refractivity (Wildman–Crippen MR) is 202 cm³/mol. The van der Waals surface area contributed by atoms with Crippen LogP contribution in [-0.4, -0.2) is 0 Å². The number of rotatable bonds is 3. The third-order valence-electron chi connectivity index (χ3n) is 10.8. The van der Waals surface area contributed by atoms with Gasteiger partial charge in [0.05, 0.1) is 11.1 Å². The predicted octanol–water partition coefficient (Wildman–Crippen LogP) is 12.6. The highest BCUT2D eigenvalue weighted by Crippen LogP contribution is 2.63. The van der Waals surface area contributed by atoms with Crippen LogP contribution in [0.25, 0.3) is 55.0 Å². The fourth-order valence-corrected chi connectivity index (χ4v) is 8.88. The molecule has 1 heterocycles. The smallest absolute Gasteiger partial charge is 0.159 e. The van der Waals surface area contributed by atoms with Gasteiger partial charge in [-0.05, 0) is 97.7 Å². The Hall–Kier alpha value is -6.38. The Kier molecular flexibility index (Phi) is 5.34. The highest BCUT2D eigenvalue weighted by Gasteiger charge is 2.51. The lowest BCUT2D eigenvalue weighted by molar-refractivity contribution is 0.669. The van der Waals surface area contributed by atoms with Crippen LogP contribution in [0.5, 0.6) is 0 Å². The Morgan fingerprint density at radius 3 is 1.65 bits per heavy atom. The van der Waals surface area contributed by atoms with E-state index in [0.29, 0.717) is 0 Å². The molecule has 0 saturated heterocycles. The fraction of sp³-hybridized carbons (Fsp3) is 0.0213. The van der Waals surface area contributed by atoms with Crippen molar-refractivity contribution in [3.05, 3.63) is 198 Å². The number of furan rings is 1. The minimum atomic E-state index is -0.365. The maximum atomic E-state index is 6.78. The molecule has 1 aromatic heterocycles. The van der Waals surface area contributed by atoms with E-state index in [-0.39, 0.29) is 5.41 Å². The average molecular weight is 624 g/mol. The first-order valence-electron chi connectivity index (χ1n) is 16.9. The lowest BCUT2D eigenvalue weighted by Gasteiger charge is -2.31. The molecule has 0 fully saturated rings. The van der Waals surface area contributed by atoms with Crippen LogP contribution in [0.4, 0.5) is 17.1 Å². The molecule has 11 rings (SSSR count). The molecule has 0 atom stereocenters. The number of hydrogen-bond donors (Lipinski definition) is 0. The minimum Gasteiger partial charge on any atom is -0.454 e. The summed E-state index contributed by atoms with van der Waals surface area (Å²) in [5.74, 6) is 0. The molecule has 2 heteroatoms. The molecule has 2 aliphatic carbocycles.